The van der Waals surface area contributed by atoms with Crippen molar-refractivity contribution in [2.75, 3.05) is 7.11 Å². The molecule has 0 amide bonds. The predicted molar refractivity (Wildman–Crippen MR) is 65.8 cm³/mol. The van der Waals surface area contributed by atoms with Crippen LogP contribution in [0.5, 0.6) is 0 Å². The molecule has 4 aliphatic carbocycles. The fourth-order valence-electron chi connectivity index (χ4n) is 4.54. The van der Waals surface area contributed by atoms with E-state index in [1.807, 2.05) is 13.8 Å². The fourth-order valence-corrected chi connectivity index (χ4v) is 4.54. The highest BCUT2D eigenvalue weighted by Crippen LogP contribution is 2.59. The Bertz CT molecular complexity index is 150. The van der Waals surface area contributed by atoms with Gasteiger partial charge >= 0.3 is 0 Å². The molecule has 1 nitrogen and oxygen atoms in total. The van der Waals surface area contributed by atoms with E-state index in [9.17, 15) is 0 Å². The highest BCUT2D eigenvalue weighted by Gasteiger charge is 2.48. The standard InChI is InChI=1S/C11H18.C2H6.CH4O/c1-11-5-8-2-9(6-11)4-10(3-8)7-11;2*1-2/h8-10H,2-7H2,1H3;1-2H3;2H,1H3. The first-order valence-electron chi connectivity index (χ1n) is 6.68. The minimum Gasteiger partial charge on any atom is -0.400 e. The third-order valence-electron chi connectivity index (χ3n) is 4.34. The molecule has 1 heteroatoms. The molecular formula is C14H28O. The SMILES string of the molecule is CC.CC12CC3CC(CC(C3)C1)C2.CO. The van der Waals surface area contributed by atoms with Crippen LogP contribution in [0, 0.1) is 23.2 Å². The van der Waals surface area contributed by atoms with Crippen molar-refractivity contribution in [3.05, 3.63) is 0 Å². The first-order chi connectivity index (χ1) is 7.23. The lowest BCUT2D eigenvalue weighted by Gasteiger charge is -2.55. The van der Waals surface area contributed by atoms with Gasteiger partial charge in [-0.2, -0.15) is 0 Å². The summed E-state index contributed by atoms with van der Waals surface area (Å²) in [5, 5.41) is 7.00. The minimum absolute atomic E-state index is 0.800. The minimum atomic E-state index is 0.800. The molecular weight excluding hydrogens is 184 g/mol. The van der Waals surface area contributed by atoms with E-state index in [-0.39, 0.29) is 0 Å². The van der Waals surface area contributed by atoms with E-state index in [0.717, 1.165) is 30.3 Å². The van der Waals surface area contributed by atoms with Crippen LogP contribution in [0.15, 0.2) is 0 Å². The Morgan fingerprint density at radius 1 is 0.800 bits per heavy atom. The molecule has 0 aromatic heterocycles. The number of aliphatic hydroxyl groups excluding tert-OH is 1. The molecule has 15 heavy (non-hydrogen) atoms. The van der Waals surface area contributed by atoms with Gasteiger partial charge in [0.1, 0.15) is 0 Å². The maximum Gasteiger partial charge on any atom is 0.0319 e. The smallest absolute Gasteiger partial charge is 0.0319 e. The fraction of sp³-hybridized carbons (Fsp3) is 1.00. The molecule has 1 N–H and O–H groups in total. The normalized spacial score (nSPS) is 45.0. The van der Waals surface area contributed by atoms with Gasteiger partial charge in [-0.3, -0.25) is 0 Å². The zero-order valence-electron chi connectivity index (χ0n) is 10.9. The molecule has 0 radical (unpaired) electrons. The summed E-state index contributed by atoms with van der Waals surface area (Å²) < 4.78 is 0. The summed E-state index contributed by atoms with van der Waals surface area (Å²) in [6, 6.07) is 0. The van der Waals surface area contributed by atoms with Crippen LogP contribution in [0.1, 0.15) is 59.3 Å². The van der Waals surface area contributed by atoms with Gasteiger partial charge in [-0.25, -0.2) is 0 Å². The molecule has 0 aromatic rings. The monoisotopic (exact) mass is 212 g/mol. The molecule has 4 saturated carbocycles. The number of aliphatic hydroxyl groups is 1. The lowest BCUT2D eigenvalue weighted by atomic mass is 9.50. The van der Waals surface area contributed by atoms with Crippen LogP contribution in [-0.4, -0.2) is 12.2 Å². The van der Waals surface area contributed by atoms with Gasteiger partial charge in [0, 0.05) is 7.11 Å². The summed E-state index contributed by atoms with van der Waals surface area (Å²) in [6.07, 6.45) is 9.48. The van der Waals surface area contributed by atoms with Gasteiger partial charge in [0.2, 0.25) is 0 Å². The van der Waals surface area contributed by atoms with Crippen LogP contribution in [0.25, 0.3) is 0 Å². The van der Waals surface area contributed by atoms with Gasteiger partial charge in [0.15, 0.2) is 0 Å². The summed E-state index contributed by atoms with van der Waals surface area (Å²) in [5.74, 6) is 3.43. The van der Waals surface area contributed by atoms with Crippen molar-refractivity contribution < 1.29 is 5.11 Å². The van der Waals surface area contributed by atoms with E-state index in [2.05, 4.69) is 6.92 Å². The van der Waals surface area contributed by atoms with E-state index >= 15 is 0 Å². The van der Waals surface area contributed by atoms with Crippen molar-refractivity contribution in [3.8, 4) is 0 Å². The third-order valence-corrected chi connectivity index (χ3v) is 4.34. The van der Waals surface area contributed by atoms with E-state index in [1.165, 1.54) is 0 Å². The Morgan fingerprint density at radius 3 is 1.27 bits per heavy atom. The van der Waals surface area contributed by atoms with Crippen LogP contribution in [0.3, 0.4) is 0 Å². The number of rotatable bonds is 0. The molecule has 0 spiro atoms. The van der Waals surface area contributed by atoms with Gasteiger partial charge in [0.05, 0.1) is 0 Å². The molecule has 0 aromatic carbocycles. The largest absolute Gasteiger partial charge is 0.400 e. The first-order valence-corrected chi connectivity index (χ1v) is 6.68. The summed E-state index contributed by atoms with van der Waals surface area (Å²) >= 11 is 0. The van der Waals surface area contributed by atoms with Gasteiger partial charge < -0.3 is 5.11 Å². The average molecular weight is 212 g/mol. The lowest BCUT2D eigenvalue weighted by molar-refractivity contribution is -0.0411. The maximum absolute atomic E-state index is 7.00. The van der Waals surface area contributed by atoms with Gasteiger partial charge in [-0.15, -0.1) is 0 Å². The average Bonchev–Trinajstić information content (AvgIpc) is 2.20. The Balaban J connectivity index is 0.000000255. The molecule has 0 saturated heterocycles. The first kappa shape index (κ1) is 13.0. The Morgan fingerprint density at radius 2 is 1.07 bits per heavy atom. The van der Waals surface area contributed by atoms with Gasteiger partial charge in [-0.05, 0) is 61.7 Å². The van der Waals surface area contributed by atoms with E-state index < -0.39 is 0 Å². The second-order valence-electron chi connectivity index (χ2n) is 5.73. The Labute approximate surface area is 95.3 Å². The third kappa shape index (κ3) is 2.75. The van der Waals surface area contributed by atoms with Gasteiger partial charge in [0.25, 0.3) is 0 Å². The number of hydrogen-bond acceptors (Lipinski definition) is 1. The van der Waals surface area contributed by atoms with Crippen molar-refractivity contribution in [1.29, 1.82) is 0 Å². The zero-order chi connectivity index (χ0) is 11.5. The maximum atomic E-state index is 7.00. The van der Waals surface area contributed by atoms with Gasteiger partial charge in [-0.1, -0.05) is 20.8 Å². The van der Waals surface area contributed by atoms with E-state index in [4.69, 9.17) is 5.11 Å². The molecule has 90 valence electrons. The Hall–Kier alpha value is -0.0400. The van der Waals surface area contributed by atoms with E-state index in [0.29, 0.717) is 0 Å². The summed E-state index contributed by atoms with van der Waals surface area (Å²) in [5.41, 5.74) is 0.800. The predicted octanol–water partition coefficient (Wildman–Crippen LogP) is 3.86. The second kappa shape index (κ2) is 5.34. The highest BCUT2D eigenvalue weighted by molar-refractivity contribution is 4.99. The number of hydrogen-bond donors (Lipinski definition) is 1. The summed E-state index contributed by atoms with van der Waals surface area (Å²) in [7, 11) is 1.00. The van der Waals surface area contributed by atoms with Crippen molar-refractivity contribution >= 4 is 0 Å². The molecule has 0 aliphatic heterocycles. The van der Waals surface area contributed by atoms with Crippen molar-refractivity contribution in [1.82, 2.24) is 0 Å². The molecule has 0 unspecified atom stereocenters. The Kier molecular flexibility index (Phi) is 4.64. The molecule has 4 rings (SSSR count). The second-order valence-corrected chi connectivity index (χ2v) is 5.73. The molecule has 0 atom stereocenters. The summed E-state index contributed by atoms with van der Waals surface area (Å²) in [6.45, 7) is 6.54. The van der Waals surface area contributed by atoms with Crippen LogP contribution in [-0.2, 0) is 0 Å². The van der Waals surface area contributed by atoms with Crippen LogP contribution >= 0.6 is 0 Å². The van der Waals surface area contributed by atoms with Crippen molar-refractivity contribution in [3.63, 3.8) is 0 Å². The van der Waals surface area contributed by atoms with Crippen LogP contribution in [0.4, 0.5) is 0 Å². The van der Waals surface area contributed by atoms with E-state index in [1.54, 1.807) is 38.5 Å². The van der Waals surface area contributed by atoms with Crippen LogP contribution in [0.2, 0.25) is 0 Å². The molecule has 4 bridgehead atoms. The zero-order valence-corrected chi connectivity index (χ0v) is 10.9. The summed E-state index contributed by atoms with van der Waals surface area (Å²) in [4.78, 5) is 0. The molecule has 0 heterocycles. The molecule has 4 aliphatic rings. The topological polar surface area (TPSA) is 20.2 Å². The van der Waals surface area contributed by atoms with Crippen molar-refractivity contribution in [2.45, 2.75) is 59.3 Å². The molecule has 4 fully saturated rings. The lowest BCUT2D eigenvalue weighted by Crippen LogP contribution is -2.44. The van der Waals surface area contributed by atoms with Crippen molar-refractivity contribution in [2.24, 2.45) is 23.2 Å². The quantitative estimate of drug-likeness (QED) is 0.646. The van der Waals surface area contributed by atoms with Crippen LogP contribution < -0.4 is 0 Å². The highest BCUT2D eigenvalue weighted by atomic mass is 16.2.